The van der Waals surface area contributed by atoms with Gasteiger partial charge in [0.15, 0.2) is 0 Å². The van der Waals surface area contributed by atoms with Gasteiger partial charge in [-0.3, -0.25) is 9.59 Å². The standard InChI is InChI=1S/C15H20N2O3/c1-3-16-15(19)12-8-14(18)17(10-12)9-11-4-6-13(20-2)7-5-11/h4-7,12H,3,8-10H2,1-2H3,(H,16,19). The highest BCUT2D eigenvalue weighted by Gasteiger charge is 2.33. The number of nitrogens with one attached hydrogen (secondary N) is 1. The van der Waals surface area contributed by atoms with Gasteiger partial charge in [-0.05, 0) is 24.6 Å². The van der Waals surface area contributed by atoms with Gasteiger partial charge in [0.1, 0.15) is 5.75 Å². The number of carbonyl (C=O) groups is 2. The van der Waals surface area contributed by atoms with E-state index in [1.807, 2.05) is 31.2 Å². The van der Waals surface area contributed by atoms with Crippen molar-refractivity contribution < 1.29 is 14.3 Å². The summed E-state index contributed by atoms with van der Waals surface area (Å²) < 4.78 is 5.10. The van der Waals surface area contributed by atoms with Crippen LogP contribution in [0.5, 0.6) is 5.75 Å². The Labute approximate surface area is 118 Å². The van der Waals surface area contributed by atoms with Crippen molar-refractivity contribution in [2.45, 2.75) is 19.9 Å². The number of ether oxygens (including phenoxy) is 1. The number of likely N-dealkylation sites (tertiary alicyclic amines) is 1. The highest BCUT2D eigenvalue weighted by atomic mass is 16.5. The van der Waals surface area contributed by atoms with Gasteiger partial charge in [0, 0.05) is 26.1 Å². The molecule has 0 spiro atoms. The molecule has 1 atom stereocenters. The zero-order valence-corrected chi connectivity index (χ0v) is 11.9. The van der Waals surface area contributed by atoms with Gasteiger partial charge in [0.2, 0.25) is 11.8 Å². The average molecular weight is 276 g/mol. The van der Waals surface area contributed by atoms with Crippen molar-refractivity contribution in [3.05, 3.63) is 29.8 Å². The van der Waals surface area contributed by atoms with Crippen LogP contribution in [-0.2, 0) is 16.1 Å². The smallest absolute Gasteiger partial charge is 0.225 e. The highest BCUT2D eigenvalue weighted by molar-refractivity contribution is 5.89. The van der Waals surface area contributed by atoms with Crippen LogP contribution in [0.2, 0.25) is 0 Å². The first-order chi connectivity index (χ1) is 9.63. The van der Waals surface area contributed by atoms with Gasteiger partial charge < -0.3 is 15.0 Å². The van der Waals surface area contributed by atoms with Crippen molar-refractivity contribution in [3.63, 3.8) is 0 Å². The number of rotatable bonds is 5. The molecule has 2 rings (SSSR count). The van der Waals surface area contributed by atoms with Gasteiger partial charge in [-0.1, -0.05) is 12.1 Å². The Balaban J connectivity index is 1.96. The van der Waals surface area contributed by atoms with Crippen LogP contribution in [-0.4, -0.2) is 36.9 Å². The van der Waals surface area contributed by atoms with Crippen molar-refractivity contribution in [2.75, 3.05) is 20.2 Å². The van der Waals surface area contributed by atoms with Crippen LogP contribution >= 0.6 is 0 Å². The third kappa shape index (κ3) is 3.29. The summed E-state index contributed by atoms with van der Waals surface area (Å²) >= 11 is 0. The van der Waals surface area contributed by atoms with Gasteiger partial charge in [-0.25, -0.2) is 0 Å². The Kier molecular flexibility index (Phi) is 4.61. The molecule has 1 aliphatic rings. The number of benzene rings is 1. The first-order valence-electron chi connectivity index (χ1n) is 6.82. The second-order valence-electron chi connectivity index (χ2n) is 4.92. The molecule has 5 heteroatoms. The van der Waals surface area contributed by atoms with Gasteiger partial charge in [-0.15, -0.1) is 0 Å². The minimum Gasteiger partial charge on any atom is -0.497 e. The minimum absolute atomic E-state index is 0.0296. The van der Waals surface area contributed by atoms with Gasteiger partial charge in [0.05, 0.1) is 13.0 Å². The second kappa shape index (κ2) is 6.41. The number of hydrogen-bond acceptors (Lipinski definition) is 3. The molecule has 1 unspecified atom stereocenters. The third-order valence-electron chi connectivity index (χ3n) is 3.47. The van der Waals surface area contributed by atoms with Crippen LogP contribution in [0.3, 0.4) is 0 Å². The molecule has 1 heterocycles. The Bertz CT molecular complexity index is 484. The fourth-order valence-electron chi connectivity index (χ4n) is 2.37. The largest absolute Gasteiger partial charge is 0.497 e. The Morgan fingerprint density at radius 2 is 2.10 bits per heavy atom. The molecule has 108 valence electrons. The van der Waals surface area contributed by atoms with Crippen LogP contribution in [0, 0.1) is 5.92 Å². The number of carbonyl (C=O) groups excluding carboxylic acids is 2. The zero-order chi connectivity index (χ0) is 14.5. The lowest BCUT2D eigenvalue weighted by Gasteiger charge is -2.16. The van der Waals surface area contributed by atoms with E-state index in [9.17, 15) is 9.59 Å². The molecule has 20 heavy (non-hydrogen) atoms. The van der Waals surface area contributed by atoms with Crippen LogP contribution in [0.25, 0.3) is 0 Å². The summed E-state index contributed by atoms with van der Waals surface area (Å²) in [6, 6.07) is 7.62. The van der Waals surface area contributed by atoms with E-state index < -0.39 is 0 Å². The maximum Gasteiger partial charge on any atom is 0.225 e. The summed E-state index contributed by atoms with van der Waals surface area (Å²) in [5, 5.41) is 2.77. The molecule has 0 saturated carbocycles. The first kappa shape index (κ1) is 14.4. The fourth-order valence-corrected chi connectivity index (χ4v) is 2.37. The predicted octanol–water partition coefficient (Wildman–Crippen LogP) is 1.18. The summed E-state index contributed by atoms with van der Waals surface area (Å²) in [4.78, 5) is 25.4. The maximum absolute atomic E-state index is 11.9. The topological polar surface area (TPSA) is 58.6 Å². The van der Waals surface area contributed by atoms with Crippen molar-refractivity contribution in [3.8, 4) is 5.75 Å². The number of hydrogen-bond donors (Lipinski definition) is 1. The summed E-state index contributed by atoms with van der Waals surface area (Å²) in [6.45, 7) is 3.52. The van der Waals surface area contributed by atoms with Crippen LogP contribution in [0.4, 0.5) is 0 Å². The molecule has 1 N–H and O–H groups in total. The van der Waals surface area contributed by atoms with Crippen molar-refractivity contribution in [2.24, 2.45) is 5.92 Å². The predicted molar refractivity (Wildman–Crippen MR) is 75.2 cm³/mol. The fraction of sp³-hybridized carbons (Fsp3) is 0.467. The first-order valence-corrected chi connectivity index (χ1v) is 6.82. The minimum atomic E-state index is -0.222. The van der Waals surface area contributed by atoms with Crippen LogP contribution in [0.1, 0.15) is 18.9 Å². The molecular formula is C15H20N2O3. The summed E-state index contributed by atoms with van der Waals surface area (Å²) in [6.07, 6.45) is 0.308. The molecule has 1 aromatic rings. The molecule has 0 aliphatic carbocycles. The Morgan fingerprint density at radius 3 is 2.70 bits per heavy atom. The molecule has 0 radical (unpaired) electrons. The van der Waals surface area contributed by atoms with Crippen molar-refractivity contribution >= 4 is 11.8 Å². The average Bonchev–Trinajstić information content (AvgIpc) is 2.81. The lowest BCUT2D eigenvalue weighted by molar-refractivity contribution is -0.129. The molecule has 0 aromatic heterocycles. The molecule has 1 aromatic carbocycles. The molecular weight excluding hydrogens is 256 g/mol. The van der Waals surface area contributed by atoms with Crippen molar-refractivity contribution in [1.29, 1.82) is 0 Å². The highest BCUT2D eigenvalue weighted by Crippen LogP contribution is 2.21. The monoisotopic (exact) mass is 276 g/mol. The van der Waals surface area contributed by atoms with E-state index in [1.165, 1.54) is 0 Å². The van der Waals surface area contributed by atoms with E-state index in [1.54, 1.807) is 12.0 Å². The normalized spacial score (nSPS) is 18.2. The van der Waals surface area contributed by atoms with E-state index in [4.69, 9.17) is 4.74 Å². The van der Waals surface area contributed by atoms with E-state index in [0.29, 0.717) is 26.1 Å². The van der Waals surface area contributed by atoms with Crippen LogP contribution < -0.4 is 10.1 Å². The number of methoxy groups -OCH3 is 1. The van der Waals surface area contributed by atoms with Crippen LogP contribution in [0.15, 0.2) is 24.3 Å². The van der Waals surface area contributed by atoms with Crippen molar-refractivity contribution in [1.82, 2.24) is 10.2 Å². The molecule has 1 aliphatic heterocycles. The molecule has 2 amide bonds. The third-order valence-corrected chi connectivity index (χ3v) is 3.47. The lowest BCUT2D eigenvalue weighted by atomic mass is 10.1. The quantitative estimate of drug-likeness (QED) is 0.878. The van der Waals surface area contributed by atoms with Gasteiger partial charge in [0.25, 0.3) is 0 Å². The van der Waals surface area contributed by atoms with Gasteiger partial charge in [-0.2, -0.15) is 0 Å². The Morgan fingerprint density at radius 1 is 1.40 bits per heavy atom. The molecule has 5 nitrogen and oxygen atoms in total. The Hall–Kier alpha value is -2.04. The number of nitrogens with zero attached hydrogens (tertiary/aromatic N) is 1. The summed E-state index contributed by atoms with van der Waals surface area (Å²) in [7, 11) is 1.62. The van der Waals surface area contributed by atoms with E-state index in [-0.39, 0.29) is 17.7 Å². The van der Waals surface area contributed by atoms with E-state index in [0.717, 1.165) is 11.3 Å². The number of amides is 2. The summed E-state index contributed by atoms with van der Waals surface area (Å²) in [5.41, 5.74) is 1.04. The van der Waals surface area contributed by atoms with E-state index in [2.05, 4.69) is 5.32 Å². The second-order valence-corrected chi connectivity index (χ2v) is 4.92. The van der Waals surface area contributed by atoms with E-state index >= 15 is 0 Å². The maximum atomic E-state index is 11.9. The summed E-state index contributed by atoms with van der Waals surface area (Å²) in [5.74, 6) is 0.581. The zero-order valence-electron chi connectivity index (χ0n) is 11.9. The molecule has 1 saturated heterocycles. The SMILES string of the molecule is CCNC(=O)C1CC(=O)N(Cc2ccc(OC)cc2)C1. The molecule has 1 fully saturated rings. The molecule has 0 bridgehead atoms. The lowest BCUT2D eigenvalue weighted by Crippen LogP contribution is -2.32. The van der Waals surface area contributed by atoms with Gasteiger partial charge >= 0.3 is 0 Å².